The van der Waals surface area contributed by atoms with Crippen LogP contribution in [0.1, 0.15) is 40.5 Å². The molecule has 0 saturated carbocycles. The maximum absolute atomic E-state index is 11.6. The fraction of sp³-hybridized carbons (Fsp3) is 0.909. The molecule has 0 rings (SSSR count). The summed E-state index contributed by atoms with van der Waals surface area (Å²) >= 11 is 0. The molecule has 1 atom stereocenters. The van der Waals surface area contributed by atoms with Gasteiger partial charge in [0.1, 0.15) is 0 Å². The van der Waals surface area contributed by atoms with Crippen LogP contribution in [-0.2, 0) is 4.79 Å². The summed E-state index contributed by atoms with van der Waals surface area (Å²) in [6.07, 6.45) is 1.51. The summed E-state index contributed by atoms with van der Waals surface area (Å²) in [4.78, 5) is 11.6. The van der Waals surface area contributed by atoms with Gasteiger partial charge < -0.3 is 16.4 Å². The van der Waals surface area contributed by atoms with Gasteiger partial charge in [0.15, 0.2) is 0 Å². The Labute approximate surface area is 93.0 Å². The van der Waals surface area contributed by atoms with E-state index in [0.29, 0.717) is 13.0 Å². The van der Waals surface area contributed by atoms with E-state index in [4.69, 9.17) is 5.73 Å². The lowest BCUT2D eigenvalue weighted by Gasteiger charge is -2.23. The minimum absolute atomic E-state index is 0.0570. The summed E-state index contributed by atoms with van der Waals surface area (Å²) in [5.41, 5.74) is 5.42. The molecule has 15 heavy (non-hydrogen) atoms. The molecular formula is C11H25N3O. The van der Waals surface area contributed by atoms with Crippen molar-refractivity contribution in [3.63, 3.8) is 0 Å². The van der Waals surface area contributed by atoms with Crippen molar-refractivity contribution in [3.8, 4) is 0 Å². The summed E-state index contributed by atoms with van der Waals surface area (Å²) in [5, 5.41) is 6.18. The van der Waals surface area contributed by atoms with Gasteiger partial charge in [0.25, 0.3) is 0 Å². The molecule has 0 aliphatic heterocycles. The zero-order valence-electron chi connectivity index (χ0n) is 10.4. The molecule has 0 aromatic rings. The molecule has 4 heteroatoms. The Morgan fingerprint density at radius 3 is 2.40 bits per heavy atom. The van der Waals surface area contributed by atoms with Gasteiger partial charge >= 0.3 is 0 Å². The van der Waals surface area contributed by atoms with E-state index in [-0.39, 0.29) is 17.5 Å². The van der Waals surface area contributed by atoms with Crippen LogP contribution in [0.3, 0.4) is 0 Å². The van der Waals surface area contributed by atoms with Crippen molar-refractivity contribution >= 4 is 5.91 Å². The Balaban J connectivity index is 3.91. The Morgan fingerprint density at radius 1 is 1.40 bits per heavy atom. The van der Waals surface area contributed by atoms with Gasteiger partial charge in [-0.1, -0.05) is 6.92 Å². The molecule has 0 heterocycles. The largest absolute Gasteiger partial charge is 0.351 e. The number of hydrogen-bond donors (Lipinski definition) is 3. The summed E-state index contributed by atoms with van der Waals surface area (Å²) in [7, 11) is 0. The fourth-order valence-corrected chi connectivity index (χ4v) is 1.28. The first-order chi connectivity index (χ1) is 6.89. The fourth-order valence-electron chi connectivity index (χ4n) is 1.28. The van der Waals surface area contributed by atoms with Gasteiger partial charge in [-0.05, 0) is 33.7 Å². The Kier molecular flexibility index (Phi) is 6.52. The maximum Gasteiger partial charge on any atom is 0.222 e. The van der Waals surface area contributed by atoms with Gasteiger partial charge in [0.05, 0.1) is 0 Å². The van der Waals surface area contributed by atoms with E-state index in [1.165, 1.54) is 0 Å². The lowest BCUT2D eigenvalue weighted by molar-refractivity contribution is -0.122. The second-order valence-electron chi connectivity index (χ2n) is 4.89. The highest BCUT2D eigenvalue weighted by Gasteiger charge is 2.16. The van der Waals surface area contributed by atoms with E-state index in [2.05, 4.69) is 17.6 Å². The van der Waals surface area contributed by atoms with E-state index in [9.17, 15) is 4.79 Å². The Hall–Kier alpha value is -0.610. The number of nitrogens with two attached hydrogens (primary N) is 1. The average Bonchev–Trinajstić information content (AvgIpc) is 2.09. The van der Waals surface area contributed by atoms with Crippen molar-refractivity contribution in [2.24, 2.45) is 5.73 Å². The number of hydrogen-bond acceptors (Lipinski definition) is 3. The zero-order valence-corrected chi connectivity index (χ0v) is 10.4. The number of carbonyl (C=O) groups excluding carboxylic acids is 1. The SMILES string of the molecule is CCCNC(CN)CC(=O)NC(C)(C)C. The van der Waals surface area contributed by atoms with E-state index in [1.807, 2.05) is 20.8 Å². The van der Waals surface area contributed by atoms with Crippen molar-refractivity contribution in [3.05, 3.63) is 0 Å². The molecule has 0 radical (unpaired) electrons. The smallest absolute Gasteiger partial charge is 0.222 e. The van der Waals surface area contributed by atoms with Gasteiger partial charge in [-0.15, -0.1) is 0 Å². The third-order valence-corrected chi connectivity index (χ3v) is 1.91. The summed E-state index contributed by atoms with van der Waals surface area (Å²) in [6.45, 7) is 9.42. The first-order valence-electron chi connectivity index (χ1n) is 5.63. The first kappa shape index (κ1) is 14.4. The predicted octanol–water partition coefficient (Wildman–Crippen LogP) is 0.618. The van der Waals surface area contributed by atoms with Crippen LogP contribution in [0.2, 0.25) is 0 Å². The van der Waals surface area contributed by atoms with Gasteiger partial charge in [-0.25, -0.2) is 0 Å². The minimum atomic E-state index is -0.166. The standard InChI is InChI=1S/C11H25N3O/c1-5-6-13-9(8-12)7-10(15)14-11(2,3)4/h9,13H,5-8,12H2,1-4H3,(H,14,15). The topological polar surface area (TPSA) is 67.1 Å². The van der Waals surface area contributed by atoms with E-state index < -0.39 is 0 Å². The molecule has 0 fully saturated rings. The van der Waals surface area contributed by atoms with Crippen LogP contribution in [0, 0.1) is 0 Å². The normalized spacial score (nSPS) is 13.7. The number of carbonyl (C=O) groups is 1. The molecule has 0 spiro atoms. The van der Waals surface area contributed by atoms with Crippen molar-refractivity contribution in [1.82, 2.24) is 10.6 Å². The second-order valence-corrected chi connectivity index (χ2v) is 4.89. The van der Waals surface area contributed by atoms with E-state index >= 15 is 0 Å². The molecule has 4 N–H and O–H groups in total. The highest BCUT2D eigenvalue weighted by Crippen LogP contribution is 2.00. The Bertz CT molecular complexity index is 187. The van der Waals surface area contributed by atoms with Crippen molar-refractivity contribution < 1.29 is 4.79 Å². The van der Waals surface area contributed by atoms with Crippen LogP contribution in [0.4, 0.5) is 0 Å². The average molecular weight is 215 g/mol. The highest BCUT2D eigenvalue weighted by molar-refractivity contribution is 5.77. The van der Waals surface area contributed by atoms with Crippen LogP contribution in [0.5, 0.6) is 0 Å². The minimum Gasteiger partial charge on any atom is -0.351 e. The van der Waals surface area contributed by atoms with E-state index in [0.717, 1.165) is 13.0 Å². The van der Waals surface area contributed by atoms with Crippen molar-refractivity contribution in [2.75, 3.05) is 13.1 Å². The van der Waals surface area contributed by atoms with Gasteiger partial charge in [-0.2, -0.15) is 0 Å². The number of amides is 1. The molecule has 0 bridgehead atoms. The molecular weight excluding hydrogens is 190 g/mol. The third kappa shape index (κ3) is 8.39. The molecule has 1 unspecified atom stereocenters. The van der Waals surface area contributed by atoms with Crippen molar-refractivity contribution in [2.45, 2.75) is 52.1 Å². The lowest BCUT2D eigenvalue weighted by atomic mass is 10.1. The molecule has 0 aliphatic carbocycles. The van der Waals surface area contributed by atoms with E-state index in [1.54, 1.807) is 0 Å². The van der Waals surface area contributed by atoms with Gasteiger partial charge in [0, 0.05) is 24.5 Å². The molecule has 0 aromatic carbocycles. The van der Waals surface area contributed by atoms with Crippen LogP contribution in [0.15, 0.2) is 0 Å². The summed E-state index contributed by atoms with van der Waals surface area (Å²) < 4.78 is 0. The number of rotatable bonds is 6. The number of nitrogens with one attached hydrogen (secondary N) is 2. The van der Waals surface area contributed by atoms with Crippen LogP contribution in [0.25, 0.3) is 0 Å². The monoisotopic (exact) mass is 215 g/mol. The van der Waals surface area contributed by atoms with Crippen LogP contribution in [-0.4, -0.2) is 30.6 Å². The molecule has 0 aromatic heterocycles. The summed E-state index contributed by atoms with van der Waals surface area (Å²) in [5.74, 6) is 0.0570. The molecule has 0 saturated heterocycles. The first-order valence-corrected chi connectivity index (χ1v) is 5.63. The van der Waals surface area contributed by atoms with Gasteiger partial charge in [0.2, 0.25) is 5.91 Å². The zero-order chi connectivity index (χ0) is 11.9. The summed E-state index contributed by atoms with van der Waals surface area (Å²) in [6, 6.07) is 0.0901. The quantitative estimate of drug-likeness (QED) is 0.608. The van der Waals surface area contributed by atoms with Crippen molar-refractivity contribution in [1.29, 1.82) is 0 Å². The predicted molar refractivity (Wildman–Crippen MR) is 63.6 cm³/mol. The second kappa shape index (κ2) is 6.80. The maximum atomic E-state index is 11.6. The molecule has 0 aliphatic rings. The highest BCUT2D eigenvalue weighted by atomic mass is 16.1. The molecule has 1 amide bonds. The lowest BCUT2D eigenvalue weighted by Crippen LogP contribution is -2.46. The molecule has 90 valence electrons. The van der Waals surface area contributed by atoms with Crippen LogP contribution >= 0.6 is 0 Å². The Morgan fingerprint density at radius 2 is 2.00 bits per heavy atom. The molecule has 4 nitrogen and oxygen atoms in total. The third-order valence-electron chi connectivity index (χ3n) is 1.91. The van der Waals surface area contributed by atoms with Crippen LogP contribution < -0.4 is 16.4 Å². The van der Waals surface area contributed by atoms with Gasteiger partial charge in [-0.3, -0.25) is 4.79 Å².